The molecule has 2 aromatic carbocycles. The maximum atomic E-state index is 11.9. The molecule has 0 aromatic heterocycles. The Bertz CT molecular complexity index is 1090. The number of ether oxygens (including phenoxy) is 2. The normalized spacial score (nSPS) is 16.6. The van der Waals surface area contributed by atoms with Crippen molar-refractivity contribution >= 4 is 23.6 Å². The summed E-state index contributed by atoms with van der Waals surface area (Å²) in [4.78, 5) is 23.7. The highest BCUT2D eigenvalue weighted by Gasteiger charge is 2.36. The Morgan fingerprint density at radius 1 is 0.818 bits per heavy atom. The number of hydrogen-bond acceptors (Lipinski definition) is 4. The lowest BCUT2D eigenvalue weighted by Crippen LogP contribution is -2.33. The first-order valence-corrected chi connectivity index (χ1v) is 11.9. The maximum Gasteiger partial charge on any atom is 0.311 e. The second kappa shape index (κ2) is 9.54. The highest BCUT2D eigenvalue weighted by molar-refractivity contribution is 5.82. The van der Waals surface area contributed by atoms with E-state index in [9.17, 15) is 9.59 Å². The summed E-state index contributed by atoms with van der Waals surface area (Å²) >= 11 is 0. The van der Waals surface area contributed by atoms with E-state index in [1.807, 2.05) is 6.07 Å². The molecule has 2 aromatic rings. The van der Waals surface area contributed by atoms with Gasteiger partial charge in [-0.05, 0) is 70.6 Å². The van der Waals surface area contributed by atoms with Crippen LogP contribution in [0, 0.1) is 0 Å². The molecule has 33 heavy (non-hydrogen) atoms. The Labute approximate surface area is 198 Å². The van der Waals surface area contributed by atoms with Crippen LogP contribution in [0.5, 0.6) is 11.5 Å². The molecule has 0 saturated heterocycles. The molecule has 176 valence electrons. The van der Waals surface area contributed by atoms with Gasteiger partial charge in [-0.2, -0.15) is 0 Å². The Balaban J connectivity index is 1.98. The highest BCUT2D eigenvalue weighted by Crippen LogP contribution is 2.46. The van der Waals surface area contributed by atoms with Crippen LogP contribution in [-0.4, -0.2) is 11.9 Å². The van der Waals surface area contributed by atoms with Gasteiger partial charge in [-0.3, -0.25) is 9.59 Å². The van der Waals surface area contributed by atoms with Crippen LogP contribution in [0.4, 0.5) is 0 Å². The van der Waals surface area contributed by atoms with Crippen molar-refractivity contribution in [3.63, 3.8) is 0 Å². The zero-order chi connectivity index (χ0) is 24.4. The van der Waals surface area contributed by atoms with E-state index in [1.165, 1.54) is 29.5 Å². The predicted molar refractivity (Wildman–Crippen MR) is 134 cm³/mol. The molecule has 0 saturated carbocycles. The monoisotopic (exact) mass is 448 g/mol. The third-order valence-corrected chi connectivity index (χ3v) is 6.68. The van der Waals surface area contributed by atoms with Gasteiger partial charge in [0.15, 0.2) is 11.5 Å². The van der Waals surface area contributed by atoms with Gasteiger partial charge in [-0.25, -0.2) is 0 Å². The van der Waals surface area contributed by atoms with E-state index in [2.05, 4.69) is 58.9 Å². The maximum absolute atomic E-state index is 11.9. The molecule has 1 aliphatic rings. The molecular weight excluding hydrogens is 412 g/mol. The summed E-state index contributed by atoms with van der Waals surface area (Å²) in [7, 11) is 0. The number of esters is 2. The molecule has 4 nitrogen and oxygen atoms in total. The standard InChI is InChI=1S/C29H36O4/c1-8-26(30)32-24-13-10-20(17-25(24)33-27(31)9-2)16-19(3)21-11-12-22-23(18-21)29(6,7)15-14-28(22,4)5/h10-13,16-18H,8-9,14-15H2,1-7H3. The van der Waals surface area contributed by atoms with Crippen molar-refractivity contribution in [1.29, 1.82) is 0 Å². The van der Waals surface area contributed by atoms with Crippen molar-refractivity contribution in [3.8, 4) is 11.5 Å². The highest BCUT2D eigenvalue weighted by atomic mass is 16.6. The molecule has 0 unspecified atom stereocenters. The van der Waals surface area contributed by atoms with Gasteiger partial charge in [0.05, 0.1) is 0 Å². The minimum atomic E-state index is -0.374. The number of allylic oxidation sites excluding steroid dienone is 1. The fourth-order valence-electron chi connectivity index (χ4n) is 4.34. The molecule has 0 atom stereocenters. The summed E-state index contributed by atoms with van der Waals surface area (Å²) in [6, 6.07) is 12.1. The molecule has 0 heterocycles. The summed E-state index contributed by atoms with van der Waals surface area (Å²) in [6.45, 7) is 14.9. The van der Waals surface area contributed by atoms with Crippen LogP contribution in [0.25, 0.3) is 11.6 Å². The van der Waals surface area contributed by atoms with Crippen molar-refractivity contribution in [2.75, 3.05) is 0 Å². The third-order valence-electron chi connectivity index (χ3n) is 6.68. The van der Waals surface area contributed by atoms with Gasteiger partial charge in [0, 0.05) is 12.8 Å². The fraction of sp³-hybridized carbons (Fsp3) is 0.448. The summed E-state index contributed by atoms with van der Waals surface area (Å²) in [5.74, 6) is -0.223. The van der Waals surface area contributed by atoms with Crippen LogP contribution in [-0.2, 0) is 20.4 Å². The van der Waals surface area contributed by atoms with Gasteiger partial charge in [0.2, 0.25) is 0 Å². The Kier molecular flexibility index (Phi) is 7.16. The fourth-order valence-corrected chi connectivity index (χ4v) is 4.34. The lowest BCUT2D eigenvalue weighted by Gasteiger charge is -2.42. The zero-order valence-corrected chi connectivity index (χ0v) is 21.0. The number of hydrogen-bond donors (Lipinski definition) is 0. The van der Waals surface area contributed by atoms with Gasteiger partial charge in [-0.1, -0.05) is 71.9 Å². The number of fused-ring (bicyclic) bond motifs is 1. The average molecular weight is 449 g/mol. The minimum Gasteiger partial charge on any atom is -0.423 e. The van der Waals surface area contributed by atoms with Crippen molar-refractivity contribution in [2.24, 2.45) is 0 Å². The van der Waals surface area contributed by atoms with Gasteiger partial charge in [0.25, 0.3) is 0 Å². The van der Waals surface area contributed by atoms with E-state index in [4.69, 9.17) is 9.47 Å². The lowest BCUT2D eigenvalue weighted by molar-refractivity contribution is -0.136. The Morgan fingerprint density at radius 2 is 1.39 bits per heavy atom. The van der Waals surface area contributed by atoms with Crippen LogP contribution in [0.1, 0.15) is 96.4 Å². The third kappa shape index (κ3) is 5.55. The van der Waals surface area contributed by atoms with E-state index in [0.29, 0.717) is 0 Å². The van der Waals surface area contributed by atoms with Crippen molar-refractivity contribution in [2.45, 2.75) is 85.0 Å². The van der Waals surface area contributed by atoms with Crippen molar-refractivity contribution in [3.05, 3.63) is 58.7 Å². The number of carbonyl (C=O) groups is 2. The first kappa shape index (κ1) is 24.8. The van der Waals surface area contributed by atoms with Crippen molar-refractivity contribution < 1.29 is 19.1 Å². The molecule has 0 fully saturated rings. The molecule has 1 aliphatic carbocycles. The average Bonchev–Trinajstić information content (AvgIpc) is 2.78. The van der Waals surface area contributed by atoms with Crippen LogP contribution in [0.3, 0.4) is 0 Å². The van der Waals surface area contributed by atoms with Gasteiger partial charge in [-0.15, -0.1) is 0 Å². The van der Waals surface area contributed by atoms with Crippen LogP contribution >= 0.6 is 0 Å². The summed E-state index contributed by atoms with van der Waals surface area (Å²) in [5, 5.41) is 0. The Morgan fingerprint density at radius 3 is 2.00 bits per heavy atom. The molecule has 0 bridgehead atoms. The molecular formula is C29H36O4. The first-order chi connectivity index (χ1) is 15.5. The van der Waals surface area contributed by atoms with E-state index in [0.717, 1.165) is 11.1 Å². The van der Waals surface area contributed by atoms with Crippen LogP contribution in [0.2, 0.25) is 0 Å². The molecule has 0 radical (unpaired) electrons. The minimum absolute atomic E-state index is 0.146. The number of benzene rings is 2. The lowest BCUT2D eigenvalue weighted by atomic mass is 9.63. The van der Waals surface area contributed by atoms with Crippen LogP contribution in [0.15, 0.2) is 36.4 Å². The van der Waals surface area contributed by atoms with E-state index < -0.39 is 0 Å². The quantitative estimate of drug-likeness (QED) is 0.266. The predicted octanol–water partition coefficient (Wildman–Crippen LogP) is 7.23. The first-order valence-electron chi connectivity index (χ1n) is 11.9. The molecule has 0 aliphatic heterocycles. The molecule has 0 spiro atoms. The molecule has 0 N–H and O–H groups in total. The van der Waals surface area contributed by atoms with E-state index in [-0.39, 0.29) is 47.1 Å². The summed E-state index contributed by atoms with van der Waals surface area (Å²) in [5.41, 5.74) is 6.35. The summed E-state index contributed by atoms with van der Waals surface area (Å²) in [6.07, 6.45) is 4.91. The number of carbonyl (C=O) groups excluding carboxylic acids is 2. The Hall–Kier alpha value is -2.88. The largest absolute Gasteiger partial charge is 0.423 e. The number of rotatable bonds is 6. The summed E-state index contributed by atoms with van der Waals surface area (Å²) < 4.78 is 10.8. The van der Waals surface area contributed by atoms with Gasteiger partial charge in [0.1, 0.15) is 0 Å². The topological polar surface area (TPSA) is 52.6 Å². The van der Waals surface area contributed by atoms with Gasteiger partial charge >= 0.3 is 11.9 Å². The van der Waals surface area contributed by atoms with E-state index >= 15 is 0 Å². The molecule has 4 heteroatoms. The van der Waals surface area contributed by atoms with Crippen LogP contribution < -0.4 is 9.47 Å². The molecule has 0 amide bonds. The van der Waals surface area contributed by atoms with Crippen molar-refractivity contribution in [1.82, 2.24) is 0 Å². The zero-order valence-electron chi connectivity index (χ0n) is 21.0. The second-order valence-corrected chi connectivity index (χ2v) is 10.2. The smallest absolute Gasteiger partial charge is 0.311 e. The van der Waals surface area contributed by atoms with Gasteiger partial charge < -0.3 is 9.47 Å². The molecule has 3 rings (SSSR count). The SMILES string of the molecule is CCC(=O)Oc1ccc(C=C(C)c2ccc3c(c2)C(C)(C)CCC3(C)C)cc1OC(=O)CC. The van der Waals surface area contributed by atoms with E-state index in [1.54, 1.807) is 26.0 Å². The second-order valence-electron chi connectivity index (χ2n) is 10.2.